The van der Waals surface area contributed by atoms with E-state index in [4.69, 9.17) is 0 Å². The molecule has 0 radical (unpaired) electrons. The van der Waals surface area contributed by atoms with Crippen LogP contribution in [0.3, 0.4) is 0 Å². The predicted molar refractivity (Wildman–Crippen MR) is 74.6 cm³/mol. The van der Waals surface area contributed by atoms with Gasteiger partial charge < -0.3 is 5.32 Å². The van der Waals surface area contributed by atoms with Crippen molar-refractivity contribution in [2.45, 2.75) is 13.3 Å². The van der Waals surface area contributed by atoms with E-state index in [9.17, 15) is 9.18 Å². The van der Waals surface area contributed by atoms with Crippen LogP contribution >= 0.6 is 15.9 Å². The Morgan fingerprint density at radius 3 is 2.95 bits per heavy atom. The largest absolute Gasteiger partial charge is 0.319 e. The Morgan fingerprint density at radius 2 is 2.26 bits per heavy atom. The lowest BCUT2D eigenvalue weighted by Crippen LogP contribution is -2.13. The SMILES string of the molecule is CCc1nn(C)cc1NC(=O)c1cccc(F)c1Br. The maximum atomic E-state index is 13.4. The number of carbonyl (C=O) groups is 1. The molecule has 1 aromatic carbocycles. The van der Waals surface area contributed by atoms with E-state index in [-0.39, 0.29) is 15.9 Å². The lowest BCUT2D eigenvalue weighted by atomic mass is 10.2. The molecule has 6 heteroatoms. The molecule has 0 aliphatic carbocycles. The van der Waals surface area contributed by atoms with Crippen molar-refractivity contribution >= 4 is 27.5 Å². The van der Waals surface area contributed by atoms with E-state index < -0.39 is 5.82 Å². The van der Waals surface area contributed by atoms with Crippen LogP contribution in [-0.4, -0.2) is 15.7 Å². The Labute approximate surface area is 118 Å². The highest BCUT2D eigenvalue weighted by Crippen LogP contribution is 2.22. The normalized spacial score (nSPS) is 10.5. The second-order valence-corrected chi connectivity index (χ2v) is 4.87. The van der Waals surface area contributed by atoms with Gasteiger partial charge in [-0.15, -0.1) is 0 Å². The van der Waals surface area contributed by atoms with E-state index in [1.807, 2.05) is 6.92 Å². The zero-order chi connectivity index (χ0) is 14.0. The number of hydrogen-bond acceptors (Lipinski definition) is 2. The number of nitrogens with one attached hydrogen (secondary N) is 1. The van der Waals surface area contributed by atoms with Crippen LogP contribution in [0.4, 0.5) is 10.1 Å². The molecule has 0 aliphatic heterocycles. The lowest BCUT2D eigenvalue weighted by molar-refractivity contribution is 0.102. The van der Waals surface area contributed by atoms with E-state index >= 15 is 0 Å². The van der Waals surface area contributed by atoms with E-state index in [1.165, 1.54) is 12.1 Å². The number of aromatic nitrogens is 2. The molecule has 0 fully saturated rings. The summed E-state index contributed by atoms with van der Waals surface area (Å²) >= 11 is 3.08. The summed E-state index contributed by atoms with van der Waals surface area (Å²) < 4.78 is 15.2. The number of amides is 1. The zero-order valence-corrected chi connectivity index (χ0v) is 12.2. The molecule has 0 aliphatic rings. The number of nitrogens with zero attached hydrogens (tertiary/aromatic N) is 2. The van der Waals surface area contributed by atoms with Gasteiger partial charge in [0.25, 0.3) is 5.91 Å². The second kappa shape index (κ2) is 5.52. The maximum Gasteiger partial charge on any atom is 0.257 e. The highest BCUT2D eigenvalue weighted by Gasteiger charge is 2.15. The average molecular weight is 326 g/mol. The third kappa shape index (κ3) is 2.84. The van der Waals surface area contributed by atoms with Gasteiger partial charge in [0.1, 0.15) is 5.82 Å². The molecule has 0 unspecified atom stereocenters. The summed E-state index contributed by atoms with van der Waals surface area (Å²) in [4.78, 5) is 12.1. The average Bonchev–Trinajstić information content (AvgIpc) is 2.72. The van der Waals surface area contributed by atoms with Crippen LogP contribution in [0.25, 0.3) is 0 Å². The van der Waals surface area contributed by atoms with Gasteiger partial charge in [0.05, 0.1) is 21.4 Å². The monoisotopic (exact) mass is 325 g/mol. The molecule has 19 heavy (non-hydrogen) atoms. The molecule has 4 nitrogen and oxygen atoms in total. The highest BCUT2D eigenvalue weighted by atomic mass is 79.9. The molecule has 1 heterocycles. The van der Waals surface area contributed by atoms with Gasteiger partial charge in [-0.25, -0.2) is 4.39 Å². The molecule has 0 atom stereocenters. The third-order valence-corrected chi connectivity index (χ3v) is 3.49. The molecule has 2 rings (SSSR count). The first kappa shape index (κ1) is 13.7. The quantitative estimate of drug-likeness (QED) is 0.942. The van der Waals surface area contributed by atoms with Gasteiger partial charge in [0, 0.05) is 13.2 Å². The first-order valence-electron chi connectivity index (χ1n) is 5.80. The van der Waals surface area contributed by atoms with Crippen LogP contribution in [0.1, 0.15) is 23.0 Å². The molecular weight excluding hydrogens is 313 g/mol. The molecule has 0 spiro atoms. The van der Waals surface area contributed by atoms with Gasteiger partial charge in [0.15, 0.2) is 0 Å². The second-order valence-electron chi connectivity index (χ2n) is 4.07. The molecule has 0 saturated carbocycles. The minimum atomic E-state index is -0.463. The van der Waals surface area contributed by atoms with Crippen molar-refractivity contribution in [2.75, 3.05) is 5.32 Å². The zero-order valence-electron chi connectivity index (χ0n) is 10.6. The van der Waals surface area contributed by atoms with Gasteiger partial charge >= 0.3 is 0 Å². The van der Waals surface area contributed by atoms with Crippen molar-refractivity contribution in [3.05, 3.63) is 45.9 Å². The van der Waals surface area contributed by atoms with Crippen LogP contribution in [0.5, 0.6) is 0 Å². The number of hydrogen-bond donors (Lipinski definition) is 1. The smallest absolute Gasteiger partial charge is 0.257 e. The van der Waals surface area contributed by atoms with Gasteiger partial charge in [-0.3, -0.25) is 9.48 Å². The van der Waals surface area contributed by atoms with E-state index in [0.717, 1.165) is 5.69 Å². The Balaban J connectivity index is 2.28. The van der Waals surface area contributed by atoms with Gasteiger partial charge in [-0.2, -0.15) is 5.10 Å². The number of aryl methyl sites for hydroxylation is 2. The molecule has 0 bridgehead atoms. The molecular formula is C13H13BrFN3O. The molecule has 2 aromatic rings. The first-order chi connectivity index (χ1) is 9.02. The van der Waals surface area contributed by atoms with Crippen molar-refractivity contribution in [2.24, 2.45) is 7.05 Å². The number of carbonyl (C=O) groups excluding carboxylic acids is 1. The van der Waals surface area contributed by atoms with Crippen LogP contribution in [-0.2, 0) is 13.5 Å². The fourth-order valence-electron chi connectivity index (χ4n) is 1.77. The molecule has 0 saturated heterocycles. The number of benzene rings is 1. The lowest BCUT2D eigenvalue weighted by Gasteiger charge is -2.06. The Kier molecular flexibility index (Phi) is 3.99. The maximum absolute atomic E-state index is 13.4. The van der Waals surface area contributed by atoms with Crippen LogP contribution in [0, 0.1) is 5.82 Å². The minimum absolute atomic E-state index is 0.162. The summed E-state index contributed by atoms with van der Waals surface area (Å²) in [5, 5.41) is 6.98. The summed E-state index contributed by atoms with van der Waals surface area (Å²) in [5.41, 5.74) is 1.69. The summed E-state index contributed by atoms with van der Waals surface area (Å²) in [7, 11) is 1.78. The van der Waals surface area contributed by atoms with Crippen molar-refractivity contribution in [1.82, 2.24) is 9.78 Å². The minimum Gasteiger partial charge on any atom is -0.319 e. The van der Waals surface area contributed by atoms with E-state index in [0.29, 0.717) is 12.1 Å². The van der Waals surface area contributed by atoms with Crippen LogP contribution < -0.4 is 5.32 Å². The van der Waals surface area contributed by atoms with Gasteiger partial charge in [-0.05, 0) is 34.5 Å². The Morgan fingerprint density at radius 1 is 1.53 bits per heavy atom. The number of rotatable bonds is 3. The van der Waals surface area contributed by atoms with E-state index in [1.54, 1.807) is 24.0 Å². The van der Waals surface area contributed by atoms with Crippen molar-refractivity contribution in [3.8, 4) is 0 Å². The van der Waals surface area contributed by atoms with Crippen LogP contribution in [0.15, 0.2) is 28.9 Å². The third-order valence-electron chi connectivity index (χ3n) is 2.68. The van der Waals surface area contributed by atoms with Gasteiger partial charge in [0.2, 0.25) is 0 Å². The standard InChI is InChI=1S/C13H13BrFN3O/c1-3-10-11(7-18(2)17-10)16-13(19)8-5-4-6-9(15)12(8)14/h4-7H,3H2,1-2H3,(H,16,19). The molecule has 1 amide bonds. The predicted octanol–water partition coefficient (Wildman–Crippen LogP) is 3.14. The first-order valence-corrected chi connectivity index (χ1v) is 6.60. The summed E-state index contributed by atoms with van der Waals surface area (Å²) in [6.07, 6.45) is 2.44. The summed E-state index contributed by atoms with van der Waals surface area (Å²) in [6.45, 7) is 1.95. The number of halogens is 2. The summed E-state index contributed by atoms with van der Waals surface area (Å²) in [6, 6.07) is 4.35. The molecule has 1 N–H and O–H groups in total. The Hall–Kier alpha value is -1.69. The van der Waals surface area contributed by atoms with E-state index in [2.05, 4.69) is 26.3 Å². The summed E-state index contributed by atoms with van der Waals surface area (Å²) in [5.74, 6) is -0.830. The fourth-order valence-corrected chi connectivity index (χ4v) is 2.21. The molecule has 1 aromatic heterocycles. The topological polar surface area (TPSA) is 46.9 Å². The highest BCUT2D eigenvalue weighted by molar-refractivity contribution is 9.10. The van der Waals surface area contributed by atoms with Crippen LogP contribution in [0.2, 0.25) is 0 Å². The van der Waals surface area contributed by atoms with Crippen molar-refractivity contribution < 1.29 is 9.18 Å². The van der Waals surface area contributed by atoms with Gasteiger partial charge in [-0.1, -0.05) is 13.0 Å². The molecule has 100 valence electrons. The number of anilines is 1. The van der Waals surface area contributed by atoms with Crippen molar-refractivity contribution in [3.63, 3.8) is 0 Å². The van der Waals surface area contributed by atoms with Crippen molar-refractivity contribution in [1.29, 1.82) is 0 Å². The fraction of sp³-hybridized carbons (Fsp3) is 0.231. The Bertz CT molecular complexity index is 624.